The molecular weight excluding hydrogens is 582 g/mol. The Morgan fingerprint density at radius 2 is 1.80 bits per heavy atom. The number of likely N-dealkylation sites (tertiary alicyclic amines) is 1. The van der Waals surface area contributed by atoms with E-state index in [4.69, 9.17) is 25.8 Å². The lowest BCUT2D eigenvalue weighted by atomic mass is 9.73. The molecule has 9 nitrogen and oxygen atoms in total. The number of hydrogen-bond donors (Lipinski definition) is 2. The zero-order chi connectivity index (χ0) is 31.2. The smallest absolute Gasteiger partial charge is 0.246 e. The number of nitrogens with one attached hydrogen (secondary N) is 2. The van der Waals surface area contributed by atoms with Crippen molar-refractivity contribution >= 4 is 35.0 Å². The van der Waals surface area contributed by atoms with Crippen molar-refractivity contribution in [3.8, 4) is 11.5 Å². The van der Waals surface area contributed by atoms with Crippen LogP contribution in [0.25, 0.3) is 0 Å². The predicted molar refractivity (Wildman–Crippen MR) is 167 cm³/mol. The molecule has 1 saturated carbocycles. The molecule has 3 aliphatic heterocycles. The number of benzene rings is 2. The Morgan fingerprint density at radius 3 is 2.52 bits per heavy atom. The zero-order valence-corrected chi connectivity index (χ0v) is 26.3. The van der Waals surface area contributed by atoms with E-state index < -0.39 is 29.6 Å². The summed E-state index contributed by atoms with van der Waals surface area (Å²) < 4.78 is 17.4. The van der Waals surface area contributed by atoms with Crippen LogP contribution in [0.2, 0.25) is 5.02 Å². The van der Waals surface area contributed by atoms with Crippen molar-refractivity contribution in [3.63, 3.8) is 0 Å². The Balaban J connectivity index is 1.30. The standard InChI is InChI=1S/C34H40ClN3O6/c1-19-6-5-7-24(20(19)2)37-32(40)30-34-16-14-26(44-34)28(31(39)36-23-11-9-22(35)10-12-23)29(34)33(41)38(30)17-15-21-8-13-25(42-3)27(18-21)43-4/h8-14,16,18-20,24,26,28-30H,5-7,15,17H2,1-4H3,(H,36,39)(H,37,40)/t19-,20-,24-,26-,28-,29-,30+,34+/m1/s1. The highest BCUT2D eigenvalue weighted by atomic mass is 35.5. The molecule has 3 fully saturated rings. The minimum Gasteiger partial charge on any atom is -0.493 e. The van der Waals surface area contributed by atoms with Gasteiger partial charge < -0.3 is 29.7 Å². The molecule has 2 bridgehead atoms. The Hall–Kier alpha value is -3.56. The zero-order valence-electron chi connectivity index (χ0n) is 25.5. The van der Waals surface area contributed by atoms with E-state index >= 15 is 0 Å². The third-order valence-electron chi connectivity index (χ3n) is 10.2. The van der Waals surface area contributed by atoms with Gasteiger partial charge in [0.1, 0.15) is 11.6 Å². The van der Waals surface area contributed by atoms with Gasteiger partial charge in [0, 0.05) is 23.3 Å². The van der Waals surface area contributed by atoms with Crippen LogP contribution in [0.4, 0.5) is 5.69 Å². The van der Waals surface area contributed by atoms with Gasteiger partial charge in [-0.25, -0.2) is 0 Å². The maximum Gasteiger partial charge on any atom is 0.246 e. The topological polar surface area (TPSA) is 106 Å². The third kappa shape index (κ3) is 5.24. The molecule has 6 rings (SSSR count). The molecule has 1 spiro atoms. The number of ether oxygens (including phenoxy) is 3. The Morgan fingerprint density at radius 1 is 1.05 bits per heavy atom. The highest BCUT2D eigenvalue weighted by Gasteiger charge is 2.72. The van der Waals surface area contributed by atoms with Gasteiger partial charge in [-0.15, -0.1) is 0 Å². The number of rotatable bonds is 9. The van der Waals surface area contributed by atoms with Gasteiger partial charge in [0.15, 0.2) is 11.5 Å². The molecule has 44 heavy (non-hydrogen) atoms. The molecule has 0 aromatic heterocycles. The van der Waals surface area contributed by atoms with Crippen molar-refractivity contribution in [3.05, 3.63) is 65.2 Å². The van der Waals surface area contributed by atoms with Gasteiger partial charge in [-0.1, -0.05) is 56.5 Å². The summed E-state index contributed by atoms with van der Waals surface area (Å²) >= 11 is 6.03. The van der Waals surface area contributed by atoms with Crippen LogP contribution in [0.5, 0.6) is 11.5 Å². The van der Waals surface area contributed by atoms with Crippen molar-refractivity contribution in [2.75, 3.05) is 26.1 Å². The van der Waals surface area contributed by atoms with Crippen LogP contribution >= 0.6 is 11.6 Å². The molecule has 234 valence electrons. The largest absolute Gasteiger partial charge is 0.493 e. The first-order valence-electron chi connectivity index (χ1n) is 15.4. The van der Waals surface area contributed by atoms with Crippen molar-refractivity contribution in [1.29, 1.82) is 0 Å². The van der Waals surface area contributed by atoms with E-state index in [2.05, 4.69) is 24.5 Å². The Labute approximate surface area is 263 Å². The Kier molecular flexibility index (Phi) is 8.37. The minimum absolute atomic E-state index is 0.0103. The summed E-state index contributed by atoms with van der Waals surface area (Å²) in [6.07, 6.45) is 6.63. The normalized spacial score (nSPS) is 32.0. The Bertz CT molecular complexity index is 1460. The predicted octanol–water partition coefficient (Wildman–Crippen LogP) is 4.63. The van der Waals surface area contributed by atoms with Crippen LogP contribution < -0.4 is 20.1 Å². The molecule has 3 amide bonds. The third-order valence-corrected chi connectivity index (χ3v) is 10.4. The fraction of sp³-hybridized carbons (Fsp3) is 0.500. The lowest BCUT2D eigenvalue weighted by Crippen LogP contribution is -2.58. The number of anilines is 1. The van der Waals surface area contributed by atoms with Gasteiger partial charge >= 0.3 is 0 Å². The molecule has 2 N–H and O–H groups in total. The van der Waals surface area contributed by atoms with Crippen molar-refractivity contribution < 1.29 is 28.6 Å². The number of carbonyl (C=O) groups is 3. The highest BCUT2D eigenvalue weighted by molar-refractivity contribution is 6.30. The molecule has 2 saturated heterocycles. The summed E-state index contributed by atoms with van der Waals surface area (Å²) in [6.45, 7) is 4.67. The number of methoxy groups -OCH3 is 2. The quantitative estimate of drug-likeness (QED) is 0.396. The number of fused-ring (bicyclic) bond motifs is 1. The lowest BCUT2D eigenvalue weighted by molar-refractivity contribution is -0.141. The average molecular weight is 622 g/mol. The van der Waals surface area contributed by atoms with Crippen LogP contribution in [-0.2, 0) is 25.5 Å². The van der Waals surface area contributed by atoms with Crippen LogP contribution in [-0.4, -0.2) is 67.2 Å². The van der Waals surface area contributed by atoms with Crippen LogP contribution in [0.3, 0.4) is 0 Å². The molecule has 4 aliphatic rings. The van der Waals surface area contributed by atoms with Gasteiger partial charge in [0.05, 0.1) is 32.2 Å². The summed E-state index contributed by atoms with van der Waals surface area (Å²) in [6, 6.07) is 11.6. The fourth-order valence-electron chi connectivity index (χ4n) is 7.60. The van der Waals surface area contributed by atoms with Gasteiger partial charge in [-0.3, -0.25) is 14.4 Å². The van der Waals surface area contributed by atoms with Crippen LogP contribution in [0, 0.1) is 23.7 Å². The van der Waals surface area contributed by atoms with Crippen LogP contribution in [0.1, 0.15) is 38.7 Å². The summed E-state index contributed by atoms with van der Waals surface area (Å²) in [5, 5.41) is 6.80. The molecule has 1 aliphatic carbocycles. The second-order valence-electron chi connectivity index (χ2n) is 12.6. The number of carbonyl (C=O) groups excluding carboxylic acids is 3. The van der Waals surface area contributed by atoms with E-state index in [1.54, 1.807) is 43.4 Å². The second kappa shape index (κ2) is 12.1. The summed E-state index contributed by atoms with van der Waals surface area (Å²) in [4.78, 5) is 44.0. The molecule has 2 aromatic carbocycles. The number of hydrogen-bond acceptors (Lipinski definition) is 6. The van der Waals surface area contributed by atoms with Gasteiger partial charge in [-0.2, -0.15) is 0 Å². The molecule has 8 atom stereocenters. The van der Waals surface area contributed by atoms with Crippen molar-refractivity contribution in [2.45, 2.75) is 63.3 Å². The van der Waals surface area contributed by atoms with E-state index in [0.717, 1.165) is 24.8 Å². The summed E-state index contributed by atoms with van der Waals surface area (Å²) in [5.74, 6) is -0.406. The van der Waals surface area contributed by atoms with E-state index in [9.17, 15) is 14.4 Å². The maximum absolute atomic E-state index is 14.3. The molecule has 10 heteroatoms. The lowest BCUT2D eigenvalue weighted by Gasteiger charge is -2.38. The second-order valence-corrected chi connectivity index (χ2v) is 13.0. The number of nitrogens with zero attached hydrogens (tertiary/aromatic N) is 1. The first-order chi connectivity index (χ1) is 21.2. The molecule has 3 heterocycles. The fourth-order valence-corrected chi connectivity index (χ4v) is 7.73. The molecule has 0 unspecified atom stereocenters. The first-order valence-corrected chi connectivity index (χ1v) is 15.8. The monoisotopic (exact) mass is 621 g/mol. The van der Waals surface area contributed by atoms with E-state index in [0.29, 0.717) is 40.5 Å². The van der Waals surface area contributed by atoms with Crippen LogP contribution in [0.15, 0.2) is 54.6 Å². The molecular formula is C34H40ClN3O6. The van der Waals surface area contributed by atoms with Crippen molar-refractivity contribution in [2.24, 2.45) is 23.7 Å². The molecule has 0 radical (unpaired) electrons. The van der Waals surface area contributed by atoms with E-state index in [1.807, 2.05) is 30.4 Å². The first kappa shape index (κ1) is 30.5. The SMILES string of the molecule is COc1ccc(CCN2C(=O)[C@H]3[C@H](C(=O)Nc4ccc(Cl)cc4)[C@H]4C=C[C@@]3(O4)[C@@H]2C(=O)N[C@@H]2CCC[C@@H](C)[C@H]2C)cc1OC. The van der Waals surface area contributed by atoms with E-state index in [-0.39, 0.29) is 30.3 Å². The van der Waals surface area contributed by atoms with E-state index in [1.165, 1.54) is 0 Å². The van der Waals surface area contributed by atoms with Gasteiger partial charge in [-0.05, 0) is 66.6 Å². The number of amides is 3. The maximum atomic E-state index is 14.3. The average Bonchev–Trinajstić information content (AvgIpc) is 3.66. The highest BCUT2D eigenvalue weighted by Crippen LogP contribution is 2.55. The molecule has 2 aromatic rings. The minimum atomic E-state index is -1.23. The summed E-state index contributed by atoms with van der Waals surface area (Å²) in [5.41, 5.74) is 0.275. The number of halogens is 1. The van der Waals surface area contributed by atoms with Gasteiger partial charge in [0.2, 0.25) is 17.7 Å². The summed E-state index contributed by atoms with van der Waals surface area (Å²) in [7, 11) is 3.16. The van der Waals surface area contributed by atoms with Gasteiger partial charge in [0.25, 0.3) is 0 Å². The van der Waals surface area contributed by atoms with Crippen molar-refractivity contribution in [1.82, 2.24) is 10.2 Å².